The molecule has 1 aliphatic heterocycles. The second-order valence-corrected chi connectivity index (χ2v) is 6.18. The van der Waals surface area contributed by atoms with Crippen LogP contribution in [-0.2, 0) is 11.2 Å². The molecule has 3 rings (SSSR count). The second kappa shape index (κ2) is 7.14. The van der Waals surface area contributed by atoms with Crippen LogP contribution < -0.4 is 0 Å². The van der Waals surface area contributed by atoms with Crippen molar-refractivity contribution in [2.24, 2.45) is 4.99 Å². The Labute approximate surface area is 142 Å². The topological polar surface area (TPSA) is 24.8 Å². The Hall–Kier alpha value is -2.20. The van der Waals surface area contributed by atoms with Gasteiger partial charge in [-0.05, 0) is 49.1 Å². The van der Waals surface area contributed by atoms with E-state index in [1.54, 1.807) is 12.1 Å². The van der Waals surface area contributed by atoms with Crippen LogP contribution in [0, 0.1) is 12.7 Å². The number of hydrogen-bond acceptors (Lipinski definition) is 2. The van der Waals surface area contributed by atoms with Gasteiger partial charge in [-0.15, -0.1) is 0 Å². The minimum Gasteiger partial charge on any atom is -0.368 e. The number of fused-ring (bicyclic) bond motifs is 1. The maximum atomic E-state index is 14.2. The third-order valence-electron chi connectivity index (χ3n) is 4.48. The summed E-state index contributed by atoms with van der Waals surface area (Å²) in [6, 6.07) is 11.0. The third kappa shape index (κ3) is 3.34. The maximum absolute atomic E-state index is 14.2. The molecule has 0 radical (unpaired) electrons. The fourth-order valence-electron chi connectivity index (χ4n) is 2.93. The van der Waals surface area contributed by atoms with E-state index in [1.807, 2.05) is 31.3 Å². The van der Waals surface area contributed by atoms with Crippen molar-refractivity contribution in [2.45, 2.75) is 26.4 Å². The van der Waals surface area contributed by atoms with Gasteiger partial charge in [0.15, 0.2) is 0 Å². The molecule has 24 heavy (non-hydrogen) atoms. The monoisotopic (exact) mass is 326 g/mol. The molecule has 2 aromatic carbocycles. The summed E-state index contributed by atoms with van der Waals surface area (Å²) in [7, 11) is 2.00. The number of aryl methyl sites for hydroxylation is 1. The number of aliphatic imine (C=N–C) groups is 1. The molecule has 1 unspecified atom stereocenters. The van der Waals surface area contributed by atoms with Gasteiger partial charge in [-0.2, -0.15) is 0 Å². The number of halogens is 1. The van der Waals surface area contributed by atoms with E-state index >= 15 is 0 Å². The molecule has 0 saturated carbocycles. The first-order valence-corrected chi connectivity index (χ1v) is 8.34. The van der Waals surface area contributed by atoms with Crippen molar-refractivity contribution in [1.82, 2.24) is 4.90 Å². The molecule has 0 bridgehead atoms. The highest BCUT2D eigenvalue weighted by molar-refractivity contribution is 5.64. The number of hydrogen-bond donors (Lipinski definition) is 0. The van der Waals surface area contributed by atoms with E-state index in [0.717, 1.165) is 29.8 Å². The highest BCUT2D eigenvalue weighted by Gasteiger charge is 2.25. The van der Waals surface area contributed by atoms with Gasteiger partial charge in [0.25, 0.3) is 0 Å². The molecule has 0 N–H and O–H groups in total. The number of benzene rings is 2. The molecule has 0 aliphatic carbocycles. The summed E-state index contributed by atoms with van der Waals surface area (Å²) in [5, 5.41) is 0. The summed E-state index contributed by atoms with van der Waals surface area (Å²) in [4.78, 5) is 6.62. The van der Waals surface area contributed by atoms with Crippen molar-refractivity contribution in [2.75, 3.05) is 20.2 Å². The van der Waals surface area contributed by atoms with Crippen molar-refractivity contribution in [3.63, 3.8) is 0 Å². The molecule has 0 amide bonds. The molecule has 126 valence electrons. The number of nitrogens with zero attached hydrogens (tertiary/aromatic N) is 2. The summed E-state index contributed by atoms with van der Waals surface area (Å²) in [5.41, 5.74) is 4.86. The minimum absolute atomic E-state index is 0.223. The van der Waals surface area contributed by atoms with Gasteiger partial charge in [-0.1, -0.05) is 24.3 Å². The van der Waals surface area contributed by atoms with Crippen molar-refractivity contribution in [3.05, 3.63) is 64.5 Å². The molecular weight excluding hydrogens is 303 g/mol. The summed E-state index contributed by atoms with van der Waals surface area (Å²) in [6.07, 6.45) is 2.33. The zero-order chi connectivity index (χ0) is 17.1. The summed E-state index contributed by atoms with van der Waals surface area (Å²) < 4.78 is 20.1. The van der Waals surface area contributed by atoms with Gasteiger partial charge >= 0.3 is 0 Å². The van der Waals surface area contributed by atoms with E-state index in [0.29, 0.717) is 12.2 Å². The zero-order valence-corrected chi connectivity index (χ0v) is 14.4. The molecule has 0 aromatic heterocycles. The van der Waals surface area contributed by atoms with Crippen molar-refractivity contribution >= 4 is 12.0 Å². The van der Waals surface area contributed by atoms with Gasteiger partial charge in [0.05, 0.1) is 18.6 Å². The average molecular weight is 326 g/mol. The summed E-state index contributed by atoms with van der Waals surface area (Å²) >= 11 is 0. The fraction of sp³-hybridized carbons (Fsp3) is 0.350. The maximum Gasteiger partial charge on any atom is 0.129 e. The van der Waals surface area contributed by atoms with Crippen LogP contribution in [0.3, 0.4) is 0 Å². The first-order valence-electron chi connectivity index (χ1n) is 8.34. The van der Waals surface area contributed by atoms with Crippen molar-refractivity contribution < 1.29 is 9.13 Å². The normalized spacial score (nSPS) is 17.1. The molecule has 1 atom stereocenters. The van der Waals surface area contributed by atoms with E-state index in [2.05, 4.69) is 24.0 Å². The first kappa shape index (κ1) is 16.7. The lowest BCUT2D eigenvalue weighted by molar-refractivity contribution is 0.0674. The molecular formula is C20H23FN2O. The Morgan fingerprint density at radius 3 is 2.83 bits per heavy atom. The Bertz CT molecular complexity index is 757. The van der Waals surface area contributed by atoms with E-state index in [1.165, 1.54) is 11.6 Å². The minimum atomic E-state index is -0.343. The highest BCUT2D eigenvalue weighted by atomic mass is 19.1. The lowest BCUT2D eigenvalue weighted by atomic mass is 9.90. The fourth-order valence-corrected chi connectivity index (χ4v) is 2.93. The van der Waals surface area contributed by atoms with Crippen molar-refractivity contribution in [3.8, 4) is 0 Å². The van der Waals surface area contributed by atoms with Gasteiger partial charge in [0, 0.05) is 19.2 Å². The summed E-state index contributed by atoms with van der Waals surface area (Å²) in [6.45, 7) is 5.62. The average Bonchev–Trinajstić information content (AvgIpc) is 2.59. The standard InChI is InChI=1S/C20H23FN2O/c1-4-23(3)13-22-19-12-15-9-10-24-20(17(15)11-14(19)2)16-7-5-6-8-18(16)21/h5-8,11-13,20H,4,9-10H2,1-3H3/b22-13+. The van der Waals surface area contributed by atoms with Crippen LogP contribution in [0.4, 0.5) is 10.1 Å². The number of ether oxygens (including phenoxy) is 1. The van der Waals surface area contributed by atoms with Gasteiger partial charge in [-0.25, -0.2) is 9.38 Å². The molecule has 0 fully saturated rings. The van der Waals surface area contributed by atoms with Crippen LogP contribution in [0.5, 0.6) is 0 Å². The molecule has 4 heteroatoms. The van der Waals surface area contributed by atoms with Crippen LogP contribution in [0.2, 0.25) is 0 Å². The molecule has 0 spiro atoms. The van der Waals surface area contributed by atoms with Crippen LogP contribution in [0.25, 0.3) is 0 Å². The second-order valence-electron chi connectivity index (χ2n) is 6.18. The molecule has 1 aliphatic rings. The third-order valence-corrected chi connectivity index (χ3v) is 4.48. The zero-order valence-electron chi connectivity index (χ0n) is 14.4. The Kier molecular flexibility index (Phi) is 4.95. The SMILES string of the molecule is CCN(C)/C=N/c1cc2c(cc1C)C(c1ccccc1F)OCC2. The lowest BCUT2D eigenvalue weighted by Crippen LogP contribution is -2.18. The van der Waals surface area contributed by atoms with Crippen LogP contribution in [0.15, 0.2) is 41.4 Å². The van der Waals surface area contributed by atoms with E-state index in [9.17, 15) is 4.39 Å². The van der Waals surface area contributed by atoms with Gasteiger partial charge in [0.1, 0.15) is 11.9 Å². The van der Waals surface area contributed by atoms with Crippen LogP contribution >= 0.6 is 0 Å². The first-order chi connectivity index (χ1) is 11.6. The van der Waals surface area contributed by atoms with Gasteiger partial charge in [0.2, 0.25) is 0 Å². The lowest BCUT2D eigenvalue weighted by Gasteiger charge is -2.27. The predicted molar refractivity (Wildman–Crippen MR) is 95.5 cm³/mol. The van der Waals surface area contributed by atoms with Crippen molar-refractivity contribution in [1.29, 1.82) is 0 Å². The molecule has 0 saturated heterocycles. The van der Waals surface area contributed by atoms with Crippen LogP contribution in [0.1, 0.15) is 35.3 Å². The highest BCUT2D eigenvalue weighted by Crippen LogP contribution is 2.37. The molecule has 2 aromatic rings. The van der Waals surface area contributed by atoms with E-state index < -0.39 is 0 Å². The van der Waals surface area contributed by atoms with Gasteiger partial charge < -0.3 is 9.64 Å². The van der Waals surface area contributed by atoms with E-state index in [-0.39, 0.29) is 11.9 Å². The molecule has 1 heterocycles. The molecule has 3 nitrogen and oxygen atoms in total. The van der Waals surface area contributed by atoms with Crippen LogP contribution in [-0.4, -0.2) is 31.4 Å². The van der Waals surface area contributed by atoms with E-state index in [4.69, 9.17) is 4.74 Å². The number of rotatable bonds is 4. The smallest absolute Gasteiger partial charge is 0.129 e. The predicted octanol–water partition coefficient (Wildman–Crippen LogP) is 4.41. The summed E-state index contributed by atoms with van der Waals surface area (Å²) in [5.74, 6) is -0.223. The Morgan fingerprint density at radius 1 is 1.29 bits per heavy atom. The Morgan fingerprint density at radius 2 is 2.08 bits per heavy atom. The largest absolute Gasteiger partial charge is 0.368 e. The quantitative estimate of drug-likeness (QED) is 0.614. The van der Waals surface area contributed by atoms with Gasteiger partial charge in [-0.3, -0.25) is 0 Å². The Balaban J connectivity index is 1.99.